The minimum absolute atomic E-state index is 0.147. The first kappa shape index (κ1) is 15.7. The largest absolute Gasteiger partial charge is 0.484 e. The molecule has 1 heterocycles. The average Bonchev–Trinajstić information content (AvgIpc) is 2.94. The van der Waals surface area contributed by atoms with Crippen LogP contribution < -0.4 is 4.74 Å². The van der Waals surface area contributed by atoms with Gasteiger partial charge in [-0.3, -0.25) is 4.90 Å². The predicted molar refractivity (Wildman–Crippen MR) is 98.5 cm³/mol. The van der Waals surface area contributed by atoms with Crippen LogP contribution in [0, 0.1) is 12.8 Å². The minimum atomic E-state index is 0.147. The number of ether oxygens (including phenoxy) is 1. The maximum Gasteiger partial charge on any atom is 0.140 e. The summed E-state index contributed by atoms with van der Waals surface area (Å²) >= 11 is 0. The van der Waals surface area contributed by atoms with Gasteiger partial charge < -0.3 is 4.74 Å². The van der Waals surface area contributed by atoms with Crippen molar-refractivity contribution in [2.75, 3.05) is 13.1 Å². The van der Waals surface area contributed by atoms with Gasteiger partial charge in [-0.2, -0.15) is 0 Å². The van der Waals surface area contributed by atoms with E-state index in [4.69, 9.17) is 4.74 Å². The van der Waals surface area contributed by atoms with Crippen LogP contribution in [0.3, 0.4) is 0 Å². The molecule has 2 aliphatic rings. The van der Waals surface area contributed by atoms with Crippen LogP contribution in [-0.2, 0) is 6.42 Å². The Hall–Kier alpha value is -1.80. The average molecular weight is 321 g/mol. The van der Waals surface area contributed by atoms with Crippen molar-refractivity contribution in [1.29, 1.82) is 0 Å². The summed E-state index contributed by atoms with van der Waals surface area (Å²) in [6, 6.07) is 17.7. The van der Waals surface area contributed by atoms with Crippen LogP contribution >= 0.6 is 0 Å². The molecule has 0 saturated carbocycles. The topological polar surface area (TPSA) is 12.5 Å². The van der Waals surface area contributed by atoms with Gasteiger partial charge in [0.1, 0.15) is 11.9 Å². The zero-order valence-electron chi connectivity index (χ0n) is 14.7. The Labute approximate surface area is 145 Å². The number of likely N-dealkylation sites (tertiary alicyclic amines) is 1. The molecule has 0 spiro atoms. The van der Waals surface area contributed by atoms with Crippen molar-refractivity contribution in [3.05, 3.63) is 65.2 Å². The Kier molecular flexibility index (Phi) is 4.32. The van der Waals surface area contributed by atoms with Crippen molar-refractivity contribution in [2.24, 2.45) is 5.92 Å². The summed E-state index contributed by atoms with van der Waals surface area (Å²) in [6.45, 7) is 6.91. The summed E-state index contributed by atoms with van der Waals surface area (Å²) in [5, 5.41) is 0. The second-order valence-electron chi connectivity index (χ2n) is 7.57. The van der Waals surface area contributed by atoms with Crippen molar-refractivity contribution >= 4 is 0 Å². The molecule has 3 atom stereocenters. The number of piperidine rings is 1. The molecular weight excluding hydrogens is 294 g/mol. The highest BCUT2D eigenvalue weighted by Crippen LogP contribution is 2.39. The summed E-state index contributed by atoms with van der Waals surface area (Å²) in [5.41, 5.74) is 4.09. The second-order valence-corrected chi connectivity index (χ2v) is 7.57. The molecule has 1 fully saturated rings. The maximum atomic E-state index is 6.54. The summed E-state index contributed by atoms with van der Waals surface area (Å²) in [7, 11) is 0. The van der Waals surface area contributed by atoms with Crippen LogP contribution in [0.15, 0.2) is 48.5 Å². The molecule has 0 aromatic heterocycles. The van der Waals surface area contributed by atoms with E-state index in [9.17, 15) is 0 Å². The standard InChI is InChI=1S/C22H27NO/c1-16-7-5-10-19(13-16)24-22-20-11-4-3-9-18(20)14-21(22)23-12-6-8-17(2)15-23/h3-5,7,9-11,13,17,21-22H,6,8,12,14-15H2,1-2H3/t17?,21?,22-/m0/s1. The maximum absolute atomic E-state index is 6.54. The number of fused-ring (bicyclic) bond motifs is 1. The van der Waals surface area contributed by atoms with E-state index in [1.807, 2.05) is 0 Å². The van der Waals surface area contributed by atoms with Gasteiger partial charge in [0.05, 0.1) is 6.04 Å². The SMILES string of the molecule is Cc1cccc(O[C@H]2c3ccccc3CC2N2CCCC(C)C2)c1. The van der Waals surface area contributed by atoms with E-state index in [1.54, 1.807) is 0 Å². The monoisotopic (exact) mass is 321 g/mol. The van der Waals surface area contributed by atoms with Gasteiger partial charge >= 0.3 is 0 Å². The molecule has 1 saturated heterocycles. The minimum Gasteiger partial charge on any atom is -0.484 e. The van der Waals surface area contributed by atoms with Crippen molar-refractivity contribution in [3.63, 3.8) is 0 Å². The fourth-order valence-electron chi connectivity index (χ4n) is 4.36. The lowest BCUT2D eigenvalue weighted by Gasteiger charge is -2.38. The van der Waals surface area contributed by atoms with Crippen LogP contribution in [-0.4, -0.2) is 24.0 Å². The smallest absolute Gasteiger partial charge is 0.140 e. The van der Waals surface area contributed by atoms with Crippen molar-refractivity contribution in [2.45, 2.75) is 45.3 Å². The molecule has 1 aliphatic heterocycles. The predicted octanol–water partition coefficient (Wildman–Crippen LogP) is 4.77. The Morgan fingerprint density at radius 1 is 1.08 bits per heavy atom. The van der Waals surface area contributed by atoms with Gasteiger partial charge in [-0.25, -0.2) is 0 Å². The molecule has 126 valence electrons. The third-order valence-corrected chi connectivity index (χ3v) is 5.55. The van der Waals surface area contributed by atoms with Crippen LogP contribution in [0.5, 0.6) is 5.75 Å². The molecule has 4 rings (SSSR count). The summed E-state index contributed by atoms with van der Waals surface area (Å²) < 4.78 is 6.54. The molecule has 2 aromatic rings. The molecule has 2 heteroatoms. The fourth-order valence-corrected chi connectivity index (χ4v) is 4.36. The number of hydrogen-bond acceptors (Lipinski definition) is 2. The van der Waals surface area contributed by atoms with E-state index in [0.29, 0.717) is 6.04 Å². The molecular formula is C22H27NO. The fraction of sp³-hybridized carbons (Fsp3) is 0.455. The first-order chi connectivity index (χ1) is 11.7. The van der Waals surface area contributed by atoms with Crippen molar-refractivity contribution < 1.29 is 4.74 Å². The highest BCUT2D eigenvalue weighted by Gasteiger charge is 2.39. The van der Waals surface area contributed by atoms with Gasteiger partial charge in [0.2, 0.25) is 0 Å². The van der Waals surface area contributed by atoms with Crippen LogP contribution in [0.1, 0.15) is 42.6 Å². The Morgan fingerprint density at radius 3 is 2.79 bits per heavy atom. The second kappa shape index (κ2) is 6.60. The van der Waals surface area contributed by atoms with Gasteiger partial charge in [-0.15, -0.1) is 0 Å². The van der Waals surface area contributed by atoms with E-state index in [2.05, 4.69) is 67.3 Å². The normalized spacial score (nSPS) is 27.0. The zero-order chi connectivity index (χ0) is 16.5. The van der Waals surface area contributed by atoms with Gasteiger partial charge in [-0.05, 0) is 67.5 Å². The lowest BCUT2D eigenvalue weighted by Crippen LogP contribution is -2.45. The zero-order valence-corrected chi connectivity index (χ0v) is 14.7. The van der Waals surface area contributed by atoms with E-state index in [-0.39, 0.29) is 6.10 Å². The van der Waals surface area contributed by atoms with E-state index in [0.717, 1.165) is 18.1 Å². The number of rotatable bonds is 3. The first-order valence-corrected chi connectivity index (χ1v) is 9.26. The van der Waals surface area contributed by atoms with Gasteiger partial charge in [0, 0.05) is 6.54 Å². The molecule has 0 amide bonds. The van der Waals surface area contributed by atoms with Crippen LogP contribution in [0.4, 0.5) is 0 Å². The molecule has 0 radical (unpaired) electrons. The van der Waals surface area contributed by atoms with Crippen molar-refractivity contribution in [1.82, 2.24) is 4.90 Å². The van der Waals surface area contributed by atoms with E-state index >= 15 is 0 Å². The third-order valence-electron chi connectivity index (χ3n) is 5.55. The Bertz CT molecular complexity index is 711. The van der Waals surface area contributed by atoms with Gasteiger partial charge in [0.25, 0.3) is 0 Å². The Morgan fingerprint density at radius 2 is 1.96 bits per heavy atom. The van der Waals surface area contributed by atoms with E-state index < -0.39 is 0 Å². The molecule has 2 unspecified atom stereocenters. The number of nitrogens with zero attached hydrogens (tertiary/aromatic N) is 1. The quantitative estimate of drug-likeness (QED) is 0.807. The lowest BCUT2D eigenvalue weighted by molar-refractivity contribution is 0.0505. The number of hydrogen-bond donors (Lipinski definition) is 0. The Balaban J connectivity index is 1.63. The molecule has 2 nitrogen and oxygen atoms in total. The van der Waals surface area contributed by atoms with Gasteiger partial charge in [0.15, 0.2) is 0 Å². The molecule has 1 aliphatic carbocycles. The highest BCUT2D eigenvalue weighted by molar-refractivity contribution is 5.38. The highest BCUT2D eigenvalue weighted by atomic mass is 16.5. The molecule has 0 N–H and O–H groups in total. The van der Waals surface area contributed by atoms with Gasteiger partial charge in [-0.1, -0.05) is 43.3 Å². The lowest BCUT2D eigenvalue weighted by atomic mass is 9.97. The first-order valence-electron chi connectivity index (χ1n) is 9.26. The molecule has 24 heavy (non-hydrogen) atoms. The van der Waals surface area contributed by atoms with Crippen molar-refractivity contribution in [3.8, 4) is 5.75 Å². The molecule has 0 bridgehead atoms. The van der Waals surface area contributed by atoms with Crippen LogP contribution in [0.25, 0.3) is 0 Å². The summed E-state index contributed by atoms with van der Waals surface area (Å²) in [6.07, 6.45) is 3.93. The van der Waals surface area contributed by atoms with Crippen LogP contribution in [0.2, 0.25) is 0 Å². The summed E-state index contributed by atoms with van der Waals surface area (Å²) in [4.78, 5) is 2.68. The number of aryl methyl sites for hydroxylation is 1. The van der Waals surface area contributed by atoms with E-state index in [1.165, 1.54) is 42.6 Å². The third kappa shape index (κ3) is 3.08. The summed E-state index contributed by atoms with van der Waals surface area (Å²) in [5.74, 6) is 1.79. The molecule has 2 aromatic carbocycles. The number of benzene rings is 2.